The summed E-state index contributed by atoms with van der Waals surface area (Å²) in [6.07, 6.45) is 6.53. The van der Waals surface area contributed by atoms with Gasteiger partial charge in [-0.2, -0.15) is 0 Å². The summed E-state index contributed by atoms with van der Waals surface area (Å²) in [6.45, 7) is 3.37. The van der Waals surface area contributed by atoms with Gasteiger partial charge in [0.25, 0.3) is 0 Å². The topological polar surface area (TPSA) is 105 Å². The standard InChI is InChI=1S/C28H24N6/c1-17(29)11-15-25(31)33-23-9-5-3-7-19(23)21-13-14-22-20-8-4-6-10-24(20)34(28(22)27(21)33)26(32)16-12-18(2)30/h3-16,29-32H,1-2H3/b15-11-,16-12-,29-17?,30-18?,31-25?,32-26?. The predicted octanol–water partition coefficient (Wildman–Crippen LogP) is 6.74. The molecule has 0 fully saturated rings. The number of nitrogens with one attached hydrogen (secondary N) is 4. The van der Waals surface area contributed by atoms with Crippen molar-refractivity contribution in [2.45, 2.75) is 13.8 Å². The maximum absolute atomic E-state index is 8.90. The monoisotopic (exact) mass is 444 g/mol. The molecule has 6 heteroatoms. The zero-order valence-corrected chi connectivity index (χ0v) is 19.0. The molecule has 0 aliphatic heterocycles. The summed E-state index contributed by atoms with van der Waals surface area (Å²) in [6, 6.07) is 20.2. The third-order valence-electron chi connectivity index (χ3n) is 5.93. The van der Waals surface area contributed by atoms with E-state index in [-0.39, 0.29) is 11.7 Å². The number of hydrogen-bond donors (Lipinski definition) is 4. The van der Waals surface area contributed by atoms with Crippen LogP contribution in [-0.2, 0) is 0 Å². The fourth-order valence-corrected chi connectivity index (χ4v) is 4.56. The van der Waals surface area contributed by atoms with Crippen molar-refractivity contribution < 1.29 is 0 Å². The van der Waals surface area contributed by atoms with Gasteiger partial charge < -0.3 is 10.8 Å². The lowest BCUT2D eigenvalue weighted by atomic mass is 10.1. The van der Waals surface area contributed by atoms with Crippen LogP contribution in [0.5, 0.6) is 0 Å². The van der Waals surface area contributed by atoms with Crippen LogP contribution in [0.4, 0.5) is 0 Å². The smallest absolute Gasteiger partial charge is 0.129 e. The van der Waals surface area contributed by atoms with Crippen molar-refractivity contribution >= 4 is 66.7 Å². The number of fused-ring (bicyclic) bond motifs is 7. The van der Waals surface area contributed by atoms with E-state index in [0.29, 0.717) is 11.4 Å². The Morgan fingerprint density at radius 1 is 0.529 bits per heavy atom. The minimum atomic E-state index is 0.250. The number of aromatic nitrogens is 2. The first-order valence-corrected chi connectivity index (χ1v) is 11.0. The Morgan fingerprint density at radius 3 is 1.29 bits per heavy atom. The van der Waals surface area contributed by atoms with Crippen LogP contribution in [0.3, 0.4) is 0 Å². The van der Waals surface area contributed by atoms with Crippen molar-refractivity contribution in [1.82, 2.24) is 9.13 Å². The molecule has 5 rings (SSSR count). The second-order valence-electron chi connectivity index (χ2n) is 8.37. The number of para-hydroxylation sites is 2. The molecule has 5 aromatic rings. The summed E-state index contributed by atoms with van der Waals surface area (Å²) < 4.78 is 3.81. The van der Waals surface area contributed by atoms with Gasteiger partial charge in [0.15, 0.2) is 0 Å². The van der Waals surface area contributed by atoms with Gasteiger partial charge >= 0.3 is 0 Å². The van der Waals surface area contributed by atoms with E-state index < -0.39 is 0 Å². The summed E-state index contributed by atoms with van der Waals surface area (Å²) in [5.74, 6) is 0.499. The van der Waals surface area contributed by atoms with Crippen LogP contribution in [-0.4, -0.2) is 32.2 Å². The average molecular weight is 445 g/mol. The molecular weight excluding hydrogens is 420 g/mol. The minimum Gasteiger partial charge on any atom is -0.306 e. The Kier molecular flexibility index (Phi) is 5.06. The number of allylic oxidation sites excluding steroid dienone is 4. The molecule has 0 saturated heterocycles. The second kappa shape index (κ2) is 8.08. The van der Waals surface area contributed by atoms with Gasteiger partial charge in [0.2, 0.25) is 0 Å². The zero-order chi connectivity index (χ0) is 24.0. The molecule has 4 N–H and O–H groups in total. The van der Waals surface area contributed by atoms with Gasteiger partial charge in [-0.25, -0.2) is 0 Å². The maximum atomic E-state index is 8.90. The van der Waals surface area contributed by atoms with Gasteiger partial charge in [0.05, 0.1) is 22.1 Å². The molecule has 0 bridgehead atoms. The van der Waals surface area contributed by atoms with Crippen molar-refractivity contribution in [1.29, 1.82) is 21.6 Å². The van der Waals surface area contributed by atoms with Gasteiger partial charge in [-0.15, -0.1) is 0 Å². The summed E-state index contributed by atoms with van der Waals surface area (Å²) in [5, 5.41) is 37.4. The fourth-order valence-electron chi connectivity index (χ4n) is 4.56. The molecule has 0 aliphatic rings. The largest absolute Gasteiger partial charge is 0.306 e. The van der Waals surface area contributed by atoms with E-state index in [4.69, 9.17) is 21.6 Å². The van der Waals surface area contributed by atoms with Crippen molar-refractivity contribution in [2.75, 3.05) is 0 Å². The van der Waals surface area contributed by atoms with Gasteiger partial charge in [0, 0.05) is 33.0 Å². The van der Waals surface area contributed by atoms with Crippen LogP contribution < -0.4 is 0 Å². The predicted molar refractivity (Wildman–Crippen MR) is 144 cm³/mol. The number of rotatable bonds is 4. The maximum Gasteiger partial charge on any atom is 0.129 e. The lowest BCUT2D eigenvalue weighted by molar-refractivity contribution is 1.21. The zero-order valence-electron chi connectivity index (χ0n) is 19.0. The van der Waals surface area contributed by atoms with Crippen LogP contribution in [0.15, 0.2) is 85.0 Å². The molecule has 6 nitrogen and oxygen atoms in total. The Balaban J connectivity index is 2.00. The fraction of sp³-hybridized carbons (Fsp3) is 0.0714. The SMILES string of the molecule is CC(=N)/C=C\C(=N)n1c2ccccc2c2ccc3c4ccccc4n(C(=N)/C=C\C(C)=N)c3c21. The number of hydrogen-bond acceptors (Lipinski definition) is 4. The summed E-state index contributed by atoms with van der Waals surface area (Å²) in [5.41, 5.74) is 4.24. The molecule has 2 aromatic heterocycles. The van der Waals surface area contributed by atoms with E-state index >= 15 is 0 Å². The normalized spacial score (nSPS) is 12.1. The Hall–Kier alpha value is -4.58. The highest BCUT2D eigenvalue weighted by Gasteiger charge is 2.21. The first-order valence-electron chi connectivity index (χ1n) is 11.0. The lowest BCUT2D eigenvalue weighted by Gasteiger charge is -2.10. The van der Waals surface area contributed by atoms with E-state index in [1.807, 2.05) is 45.5 Å². The number of benzene rings is 3. The molecule has 0 atom stereocenters. The Morgan fingerprint density at radius 2 is 0.912 bits per heavy atom. The quantitative estimate of drug-likeness (QED) is 0.174. The van der Waals surface area contributed by atoms with Crippen LogP contribution in [0, 0.1) is 21.6 Å². The highest BCUT2D eigenvalue weighted by atomic mass is 15.1. The van der Waals surface area contributed by atoms with Crippen molar-refractivity contribution in [2.24, 2.45) is 0 Å². The summed E-state index contributed by atoms with van der Waals surface area (Å²) in [4.78, 5) is 0. The van der Waals surface area contributed by atoms with Crippen molar-refractivity contribution in [3.8, 4) is 0 Å². The lowest BCUT2D eigenvalue weighted by Crippen LogP contribution is -2.11. The molecular formula is C28H24N6. The van der Waals surface area contributed by atoms with Crippen LogP contribution >= 0.6 is 0 Å². The van der Waals surface area contributed by atoms with E-state index in [1.165, 1.54) is 0 Å². The van der Waals surface area contributed by atoms with Crippen molar-refractivity contribution in [3.63, 3.8) is 0 Å². The van der Waals surface area contributed by atoms with Gasteiger partial charge in [-0.1, -0.05) is 48.5 Å². The molecule has 166 valence electrons. The molecule has 3 aromatic carbocycles. The van der Waals surface area contributed by atoms with Gasteiger partial charge in [-0.3, -0.25) is 20.0 Å². The molecule has 2 heterocycles. The van der Waals surface area contributed by atoms with E-state index in [9.17, 15) is 0 Å². The summed E-state index contributed by atoms with van der Waals surface area (Å²) in [7, 11) is 0. The van der Waals surface area contributed by atoms with Crippen LogP contribution in [0.2, 0.25) is 0 Å². The van der Waals surface area contributed by atoms with Crippen molar-refractivity contribution in [3.05, 3.63) is 85.0 Å². The Labute approximate surface area is 196 Å². The minimum absolute atomic E-state index is 0.250. The molecule has 0 saturated carbocycles. The first-order chi connectivity index (χ1) is 16.4. The second-order valence-corrected chi connectivity index (χ2v) is 8.37. The van der Waals surface area contributed by atoms with E-state index in [0.717, 1.165) is 43.6 Å². The van der Waals surface area contributed by atoms with Crippen LogP contribution in [0.25, 0.3) is 43.6 Å². The first kappa shape index (κ1) is 21.3. The van der Waals surface area contributed by atoms with E-state index in [2.05, 4.69) is 24.3 Å². The highest BCUT2D eigenvalue weighted by molar-refractivity contribution is 6.28. The average Bonchev–Trinajstić information content (AvgIpc) is 3.34. The van der Waals surface area contributed by atoms with Gasteiger partial charge in [0.1, 0.15) is 11.7 Å². The molecule has 0 amide bonds. The third kappa shape index (κ3) is 3.28. The van der Waals surface area contributed by atoms with E-state index in [1.54, 1.807) is 38.2 Å². The molecule has 0 unspecified atom stereocenters. The molecule has 0 radical (unpaired) electrons. The molecule has 34 heavy (non-hydrogen) atoms. The van der Waals surface area contributed by atoms with Gasteiger partial charge in [-0.05, 0) is 50.3 Å². The highest BCUT2D eigenvalue weighted by Crippen LogP contribution is 2.38. The molecule has 0 aliphatic carbocycles. The van der Waals surface area contributed by atoms with Crippen LogP contribution in [0.1, 0.15) is 13.8 Å². The number of nitrogens with zero attached hydrogens (tertiary/aromatic N) is 2. The Bertz CT molecular complexity index is 1610. The summed E-state index contributed by atoms with van der Waals surface area (Å²) >= 11 is 0. The molecule has 0 spiro atoms. The third-order valence-corrected chi connectivity index (χ3v) is 5.93.